The lowest BCUT2D eigenvalue weighted by molar-refractivity contribution is 0.195. The lowest BCUT2D eigenvalue weighted by atomic mass is 10.1. The van der Waals surface area contributed by atoms with Gasteiger partial charge in [-0.2, -0.15) is 0 Å². The Morgan fingerprint density at radius 3 is 2.81 bits per heavy atom. The van der Waals surface area contributed by atoms with Crippen molar-refractivity contribution >= 4 is 0 Å². The van der Waals surface area contributed by atoms with E-state index in [-0.39, 0.29) is 6.10 Å². The SMILES string of the molecule is C=CCc1ccccc1OC(CC)CNC. The molecule has 0 heterocycles. The molecule has 1 atom stereocenters. The fraction of sp³-hybridized carbons (Fsp3) is 0.429. The fourth-order valence-corrected chi connectivity index (χ4v) is 1.62. The number of rotatable bonds is 7. The first kappa shape index (κ1) is 12.8. The normalized spacial score (nSPS) is 12.1. The van der Waals surface area contributed by atoms with E-state index in [2.05, 4.69) is 24.9 Å². The highest BCUT2D eigenvalue weighted by molar-refractivity contribution is 5.34. The molecule has 1 aromatic carbocycles. The monoisotopic (exact) mass is 219 g/mol. The summed E-state index contributed by atoms with van der Waals surface area (Å²) in [6.07, 6.45) is 3.99. The lowest BCUT2D eigenvalue weighted by Gasteiger charge is -2.19. The second-order valence-electron chi connectivity index (χ2n) is 3.81. The Morgan fingerprint density at radius 2 is 2.19 bits per heavy atom. The van der Waals surface area contributed by atoms with Gasteiger partial charge in [-0.05, 0) is 31.5 Å². The van der Waals surface area contributed by atoms with Gasteiger partial charge in [0.05, 0.1) is 0 Å². The molecule has 16 heavy (non-hydrogen) atoms. The van der Waals surface area contributed by atoms with Gasteiger partial charge in [-0.15, -0.1) is 6.58 Å². The average Bonchev–Trinajstić information content (AvgIpc) is 2.31. The first-order valence-corrected chi connectivity index (χ1v) is 5.81. The third kappa shape index (κ3) is 3.70. The molecule has 1 rings (SSSR count). The minimum absolute atomic E-state index is 0.232. The van der Waals surface area contributed by atoms with Gasteiger partial charge in [0.25, 0.3) is 0 Å². The van der Waals surface area contributed by atoms with Gasteiger partial charge in [-0.25, -0.2) is 0 Å². The number of hydrogen-bond acceptors (Lipinski definition) is 2. The number of hydrogen-bond donors (Lipinski definition) is 1. The van der Waals surface area contributed by atoms with E-state index in [9.17, 15) is 0 Å². The van der Waals surface area contributed by atoms with Crippen LogP contribution in [0.2, 0.25) is 0 Å². The molecule has 0 aliphatic rings. The lowest BCUT2D eigenvalue weighted by Crippen LogP contribution is -2.28. The standard InChI is InChI=1S/C14H21NO/c1-4-8-12-9-6-7-10-14(12)16-13(5-2)11-15-3/h4,6-7,9-10,13,15H,1,5,8,11H2,2-3H3. The van der Waals surface area contributed by atoms with E-state index in [1.807, 2.05) is 31.3 Å². The van der Waals surface area contributed by atoms with Gasteiger partial charge in [-0.1, -0.05) is 31.2 Å². The van der Waals surface area contributed by atoms with E-state index >= 15 is 0 Å². The molecular formula is C14H21NO. The predicted molar refractivity (Wildman–Crippen MR) is 69.0 cm³/mol. The predicted octanol–water partition coefficient (Wildman–Crippen LogP) is 2.79. The summed E-state index contributed by atoms with van der Waals surface area (Å²) in [5.41, 5.74) is 1.20. The van der Waals surface area contributed by atoms with Crippen LogP contribution in [0.4, 0.5) is 0 Å². The van der Waals surface area contributed by atoms with Crippen molar-refractivity contribution in [3.05, 3.63) is 42.5 Å². The van der Waals surface area contributed by atoms with Crippen LogP contribution in [0.25, 0.3) is 0 Å². The number of nitrogens with one attached hydrogen (secondary N) is 1. The van der Waals surface area contributed by atoms with Crippen LogP contribution >= 0.6 is 0 Å². The number of likely N-dealkylation sites (N-methyl/N-ethyl adjacent to an activating group) is 1. The second kappa shape index (κ2) is 7.07. The van der Waals surface area contributed by atoms with Crippen molar-refractivity contribution in [2.45, 2.75) is 25.9 Å². The van der Waals surface area contributed by atoms with E-state index in [0.29, 0.717) is 0 Å². The van der Waals surface area contributed by atoms with Gasteiger partial charge in [-0.3, -0.25) is 0 Å². The van der Waals surface area contributed by atoms with Crippen LogP contribution < -0.4 is 10.1 Å². The van der Waals surface area contributed by atoms with Crippen molar-refractivity contribution in [1.29, 1.82) is 0 Å². The van der Waals surface area contributed by atoms with Crippen LogP contribution in [-0.2, 0) is 6.42 Å². The highest BCUT2D eigenvalue weighted by Gasteiger charge is 2.09. The summed E-state index contributed by atoms with van der Waals surface area (Å²) >= 11 is 0. The number of para-hydroxylation sites is 1. The Kier molecular flexibility index (Phi) is 5.65. The van der Waals surface area contributed by atoms with E-state index in [1.54, 1.807) is 0 Å². The van der Waals surface area contributed by atoms with E-state index < -0.39 is 0 Å². The largest absolute Gasteiger partial charge is 0.489 e. The zero-order valence-corrected chi connectivity index (χ0v) is 10.2. The second-order valence-corrected chi connectivity index (χ2v) is 3.81. The van der Waals surface area contributed by atoms with E-state index in [4.69, 9.17) is 4.74 Å². The zero-order chi connectivity index (χ0) is 11.8. The summed E-state index contributed by atoms with van der Waals surface area (Å²) in [5, 5.41) is 3.15. The third-order valence-corrected chi connectivity index (χ3v) is 2.52. The minimum Gasteiger partial charge on any atom is -0.489 e. The first-order chi connectivity index (χ1) is 7.81. The Morgan fingerprint density at radius 1 is 1.44 bits per heavy atom. The summed E-state index contributed by atoms with van der Waals surface area (Å²) in [7, 11) is 1.95. The van der Waals surface area contributed by atoms with Crippen molar-refractivity contribution in [2.24, 2.45) is 0 Å². The maximum absolute atomic E-state index is 5.98. The molecule has 88 valence electrons. The van der Waals surface area contributed by atoms with Crippen molar-refractivity contribution in [3.63, 3.8) is 0 Å². The molecule has 1 N–H and O–H groups in total. The van der Waals surface area contributed by atoms with Crippen LogP contribution in [0.3, 0.4) is 0 Å². The maximum atomic E-state index is 5.98. The molecule has 0 saturated carbocycles. The van der Waals surface area contributed by atoms with Crippen molar-refractivity contribution in [2.75, 3.05) is 13.6 Å². The maximum Gasteiger partial charge on any atom is 0.123 e. The van der Waals surface area contributed by atoms with Gasteiger partial charge in [0.15, 0.2) is 0 Å². The van der Waals surface area contributed by atoms with Crippen molar-refractivity contribution in [1.82, 2.24) is 5.32 Å². The molecule has 0 fully saturated rings. The molecule has 2 heteroatoms. The Hall–Kier alpha value is -1.28. The highest BCUT2D eigenvalue weighted by Crippen LogP contribution is 2.20. The van der Waals surface area contributed by atoms with E-state index in [0.717, 1.165) is 25.1 Å². The Labute approximate surface area is 98.3 Å². The molecule has 1 aromatic rings. The molecule has 0 aliphatic carbocycles. The van der Waals surface area contributed by atoms with Crippen LogP contribution in [0.5, 0.6) is 5.75 Å². The number of benzene rings is 1. The molecule has 0 radical (unpaired) electrons. The number of ether oxygens (including phenoxy) is 1. The molecular weight excluding hydrogens is 198 g/mol. The summed E-state index contributed by atoms with van der Waals surface area (Å²) < 4.78 is 5.98. The van der Waals surface area contributed by atoms with Crippen LogP contribution in [-0.4, -0.2) is 19.7 Å². The molecule has 1 unspecified atom stereocenters. The molecule has 0 saturated heterocycles. The average molecular weight is 219 g/mol. The van der Waals surface area contributed by atoms with Crippen molar-refractivity contribution in [3.8, 4) is 5.75 Å². The molecule has 0 aliphatic heterocycles. The minimum atomic E-state index is 0.232. The topological polar surface area (TPSA) is 21.3 Å². The first-order valence-electron chi connectivity index (χ1n) is 5.81. The quantitative estimate of drug-likeness (QED) is 0.712. The van der Waals surface area contributed by atoms with Crippen molar-refractivity contribution < 1.29 is 4.74 Å². The molecule has 0 aromatic heterocycles. The Balaban J connectivity index is 2.73. The summed E-state index contributed by atoms with van der Waals surface area (Å²) in [4.78, 5) is 0. The summed E-state index contributed by atoms with van der Waals surface area (Å²) in [6, 6.07) is 8.15. The third-order valence-electron chi connectivity index (χ3n) is 2.52. The fourth-order valence-electron chi connectivity index (χ4n) is 1.62. The van der Waals surface area contributed by atoms with Crippen LogP contribution in [0, 0.1) is 0 Å². The number of allylic oxidation sites excluding steroid dienone is 1. The summed E-state index contributed by atoms with van der Waals surface area (Å²) in [5.74, 6) is 0.976. The Bertz CT molecular complexity index is 322. The zero-order valence-electron chi connectivity index (χ0n) is 10.2. The van der Waals surface area contributed by atoms with E-state index in [1.165, 1.54) is 5.56 Å². The van der Waals surface area contributed by atoms with Gasteiger partial charge < -0.3 is 10.1 Å². The van der Waals surface area contributed by atoms with Gasteiger partial charge in [0, 0.05) is 6.54 Å². The van der Waals surface area contributed by atoms with Crippen LogP contribution in [0.1, 0.15) is 18.9 Å². The summed E-state index contributed by atoms with van der Waals surface area (Å²) in [6.45, 7) is 6.78. The smallest absolute Gasteiger partial charge is 0.123 e. The molecule has 0 bridgehead atoms. The molecule has 0 amide bonds. The molecule has 2 nitrogen and oxygen atoms in total. The highest BCUT2D eigenvalue weighted by atomic mass is 16.5. The van der Waals surface area contributed by atoms with Crippen LogP contribution in [0.15, 0.2) is 36.9 Å². The van der Waals surface area contributed by atoms with Gasteiger partial charge in [0.2, 0.25) is 0 Å². The van der Waals surface area contributed by atoms with Gasteiger partial charge >= 0.3 is 0 Å². The molecule has 0 spiro atoms. The van der Waals surface area contributed by atoms with Gasteiger partial charge in [0.1, 0.15) is 11.9 Å².